The summed E-state index contributed by atoms with van der Waals surface area (Å²) in [7, 11) is 0. The second kappa shape index (κ2) is 51.8. The Hall–Kier alpha value is -2.57. The third kappa shape index (κ3) is 36.8. The van der Waals surface area contributed by atoms with Crippen molar-refractivity contribution >= 4 is 5.91 Å². The molecule has 12 unspecified atom stereocenters. The standard InChI is InChI=1S/C67H119NO13/c1-3-5-7-9-11-13-15-17-19-21-23-25-27-28-29-31-33-35-37-39-41-43-45-47-49-51-59(72)68-55(54-78-66-64(77)62(75)65(58(53-70)80-66)81-67-63(76)61(74)60(73)57(52-69)79-67)56(71)50-48-46-44-42-40-38-36-34-32-30-26-24-22-20-18-16-14-12-10-8-6-4-2/h5,7,11,13,17,19,23,25,40,42,48,50,55-58,60-67,69-71,73-77H,3-4,6,8-10,12,14-16,18,20-22,24,26-39,41,43-47,49,51-54H2,1-2H3,(H,68,72)/b7-5-,13-11-,19-17-,25-23-,42-40+,50-48+. The Labute approximate surface area is 491 Å². The molecule has 0 aliphatic carbocycles. The molecule has 470 valence electrons. The van der Waals surface area contributed by atoms with Gasteiger partial charge in [0.05, 0.1) is 32.0 Å². The zero-order chi connectivity index (χ0) is 58.8. The van der Waals surface area contributed by atoms with Gasteiger partial charge in [-0.05, 0) is 70.6 Å². The second-order valence-corrected chi connectivity index (χ2v) is 22.9. The molecule has 14 heteroatoms. The lowest BCUT2D eigenvalue weighted by Crippen LogP contribution is -2.65. The molecule has 0 spiro atoms. The minimum absolute atomic E-state index is 0.252. The monoisotopic (exact) mass is 1150 g/mol. The van der Waals surface area contributed by atoms with E-state index in [0.717, 1.165) is 64.2 Å². The van der Waals surface area contributed by atoms with Gasteiger partial charge in [0.15, 0.2) is 12.6 Å². The molecule has 81 heavy (non-hydrogen) atoms. The van der Waals surface area contributed by atoms with E-state index in [-0.39, 0.29) is 18.9 Å². The number of rotatable bonds is 52. The molecule has 2 aliphatic heterocycles. The fourth-order valence-corrected chi connectivity index (χ4v) is 10.4. The first kappa shape index (κ1) is 74.5. The first-order valence-corrected chi connectivity index (χ1v) is 32.7. The van der Waals surface area contributed by atoms with Gasteiger partial charge in [0.1, 0.15) is 48.8 Å². The first-order valence-electron chi connectivity index (χ1n) is 32.7. The van der Waals surface area contributed by atoms with Crippen LogP contribution in [-0.4, -0.2) is 140 Å². The van der Waals surface area contributed by atoms with Crippen LogP contribution in [-0.2, 0) is 23.7 Å². The summed E-state index contributed by atoms with van der Waals surface area (Å²) >= 11 is 0. The summed E-state index contributed by atoms with van der Waals surface area (Å²) in [6.07, 6.45) is 52.3. The van der Waals surface area contributed by atoms with E-state index < -0.39 is 86.8 Å². The summed E-state index contributed by atoms with van der Waals surface area (Å²) in [5.41, 5.74) is 0. The Balaban J connectivity index is 1.74. The predicted octanol–water partition coefficient (Wildman–Crippen LogP) is 12.3. The molecule has 0 aromatic heterocycles. The van der Waals surface area contributed by atoms with Crippen molar-refractivity contribution in [2.75, 3.05) is 19.8 Å². The average Bonchev–Trinajstić information content (AvgIpc) is 3.47. The zero-order valence-corrected chi connectivity index (χ0v) is 50.8. The van der Waals surface area contributed by atoms with E-state index >= 15 is 0 Å². The van der Waals surface area contributed by atoms with Crippen molar-refractivity contribution in [1.29, 1.82) is 0 Å². The Morgan fingerprint density at radius 3 is 1.36 bits per heavy atom. The maximum Gasteiger partial charge on any atom is 0.220 e. The van der Waals surface area contributed by atoms with Gasteiger partial charge in [-0.2, -0.15) is 0 Å². The number of hydrogen-bond acceptors (Lipinski definition) is 13. The van der Waals surface area contributed by atoms with E-state index in [1.54, 1.807) is 6.08 Å². The van der Waals surface area contributed by atoms with Crippen molar-refractivity contribution in [3.05, 3.63) is 72.9 Å². The van der Waals surface area contributed by atoms with Crippen LogP contribution in [0, 0.1) is 0 Å². The molecule has 0 aromatic carbocycles. The van der Waals surface area contributed by atoms with Crippen molar-refractivity contribution in [3.63, 3.8) is 0 Å². The topological polar surface area (TPSA) is 228 Å². The number of carbonyl (C=O) groups is 1. The second-order valence-electron chi connectivity index (χ2n) is 22.9. The molecule has 2 heterocycles. The SMILES string of the molecule is CC/C=C\C/C=C\C/C=C\C/C=C\CCCCCCCCCCCCCCC(=O)NC(COC1OC(CO)C(OC2OC(CO)C(O)C(O)C2O)C(O)C1O)C(O)/C=C/CC/C=C/CCCCCCCCCCCCCCCCCC. The van der Waals surface area contributed by atoms with E-state index in [1.165, 1.54) is 154 Å². The number of carbonyl (C=O) groups excluding carboxylic acids is 1. The van der Waals surface area contributed by atoms with Crippen molar-refractivity contribution in [3.8, 4) is 0 Å². The molecule has 0 radical (unpaired) electrons. The van der Waals surface area contributed by atoms with E-state index in [1.807, 2.05) is 6.08 Å². The van der Waals surface area contributed by atoms with Gasteiger partial charge in [0, 0.05) is 6.42 Å². The van der Waals surface area contributed by atoms with E-state index in [9.17, 15) is 45.6 Å². The summed E-state index contributed by atoms with van der Waals surface area (Å²) in [4.78, 5) is 13.3. The third-order valence-corrected chi connectivity index (χ3v) is 15.6. The highest BCUT2D eigenvalue weighted by Crippen LogP contribution is 2.30. The molecule has 9 N–H and O–H groups in total. The van der Waals surface area contributed by atoms with Crippen LogP contribution in [0.25, 0.3) is 0 Å². The molecule has 12 atom stereocenters. The predicted molar refractivity (Wildman–Crippen MR) is 327 cm³/mol. The Kier molecular flexibility index (Phi) is 47.7. The van der Waals surface area contributed by atoms with E-state index in [0.29, 0.717) is 12.8 Å². The smallest absolute Gasteiger partial charge is 0.220 e. The lowest BCUT2D eigenvalue weighted by atomic mass is 9.97. The molecule has 0 aromatic rings. The Morgan fingerprint density at radius 1 is 0.457 bits per heavy atom. The highest BCUT2D eigenvalue weighted by atomic mass is 16.7. The summed E-state index contributed by atoms with van der Waals surface area (Å²) in [5, 5.41) is 87.3. The summed E-state index contributed by atoms with van der Waals surface area (Å²) in [5.74, 6) is -0.252. The quantitative estimate of drug-likeness (QED) is 0.0204. The number of unbranched alkanes of at least 4 members (excludes halogenated alkanes) is 29. The molecule has 2 aliphatic rings. The van der Waals surface area contributed by atoms with Crippen LogP contribution in [0.1, 0.15) is 251 Å². The van der Waals surface area contributed by atoms with Crippen molar-refractivity contribution < 1.29 is 64.6 Å². The number of aliphatic hydroxyl groups is 8. The lowest BCUT2D eigenvalue weighted by molar-refractivity contribution is -0.359. The lowest BCUT2D eigenvalue weighted by Gasteiger charge is -2.46. The molecular weight excluding hydrogens is 1030 g/mol. The molecule has 14 nitrogen and oxygen atoms in total. The maximum atomic E-state index is 13.3. The number of allylic oxidation sites excluding steroid dienone is 11. The highest BCUT2D eigenvalue weighted by molar-refractivity contribution is 5.76. The maximum absolute atomic E-state index is 13.3. The number of amides is 1. The van der Waals surface area contributed by atoms with Crippen LogP contribution < -0.4 is 5.32 Å². The molecular formula is C67H119NO13. The van der Waals surface area contributed by atoms with Gasteiger partial charge in [-0.3, -0.25) is 4.79 Å². The van der Waals surface area contributed by atoms with E-state index in [4.69, 9.17) is 18.9 Å². The van der Waals surface area contributed by atoms with Gasteiger partial charge in [0.2, 0.25) is 5.91 Å². The zero-order valence-electron chi connectivity index (χ0n) is 50.8. The molecule has 0 bridgehead atoms. The fourth-order valence-electron chi connectivity index (χ4n) is 10.4. The van der Waals surface area contributed by atoms with Crippen molar-refractivity contribution in [2.24, 2.45) is 0 Å². The van der Waals surface area contributed by atoms with Crippen LogP contribution >= 0.6 is 0 Å². The number of nitrogens with one attached hydrogen (secondary N) is 1. The summed E-state index contributed by atoms with van der Waals surface area (Å²) in [6, 6.07) is -0.937. The Bertz CT molecular complexity index is 1630. The normalized spacial score (nSPS) is 24.6. The van der Waals surface area contributed by atoms with Gasteiger partial charge >= 0.3 is 0 Å². The first-order chi connectivity index (χ1) is 39.6. The molecule has 2 saturated heterocycles. The number of aliphatic hydroxyl groups excluding tert-OH is 8. The van der Waals surface area contributed by atoms with Gasteiger partial charge in [0.25, 0.3) is 0 Å². The summed E-state index contributed by atoms with van der Waals surface area (Å²) < 4.78 is 22.8. The minimum Gasteiger partial charge on any atom is -0.394 e. The molecule has 2 fully saturated rings. The number of hydrogen-bond donors (Lipinski definition) is 9. The summed E-state index contributed by atoms with van der Waals surface area (Å²) in [6.45, 7) is 2.69. The average molecular weight is 1150 g/mol. The van der Waals surface area contributed by atoms with Gasteiger partial charge in [-0.1, -0.05) is 247 Å². The largest absolute Gasteiger partial charge is 0.394 e. The van der Waals surface area contributed by atoms with Crippen molar-refractivity contribution in [1.82, 2.24) is 5.32 Å². The van der Waals surface area contributed by atoms with Crippen molar-refractivity contribution in [2.45, 2.75) is 325 Å². The number of ether oxygens (including phenoxy) is 4. The fraction of sp³-hybridized carbons (Fsp3) is 0.806. The minimum atomic E-state index is -1.79. The van der Waals surface area contributed by atoms with Crippen LogP contribution in [0.4, 0.5) is 0 Å². The molecule has 2 rings (SSSR count). The van der Waals surface area contributed by atoms with E-state index in [2.05, 4.69) is 79.9 Å². The highest BCUT2D eigenvalue weighted by Gasteiger charge is 2.51. The molecule has 1 amide bonds. The van der Waals surface area contributed by atoms with Crippen LogP contribution in [0.2, 0.25) is 0 Å². The Morgan fingerprint density at radius 2 is 0.864 bits per heavy atom. The molecule has 0 saturated carbocycles. The van der Waals surface area contributed by atoms with Gasteiger partial charge in [-0.25, -0.2) is 0 Å². The van der Waals surface area contributed by atoms with Crippen LogP contribution in [0.3, 0.4) is 0 Å². The van der Waals surface area contributed by atoms with Crippen LogP contribution in [0.5, 0.6) is 0 Å². The third-order valence-electron chi connectivity index (χ3n) is 15.6. The van der Waals surface area contributed by atoms with Gasteiger partial charge < -0.3 is 65.1 Å². The van der Waals surface area contributed by atoms with Crippen LogP contribution in [0.15, 0.2) is 72.9 Å². The van der Waals surface area contributed by atoms with Gasteiger partial charge in [-0.15, -0.1) is 0 Å².